The lowest BCUT2D eigenvalue weighted by Crippen LogP contribution is -2.39. The molecule has 0 aliphatic carbocycles. The van der Waals surface area contributed by atoms with Crippen molar-refractivity contribution in [2.24, 2.45) is 0 Å². The van der Waals surface area contributed by atoms with E-state index in [1.54, 1.807) is 0 Å². The summed E-state index contributed by atoms with van der Waals surface area (Å²) in [5.74, 6) is -0.798. The summed E-state index contributed by atoms with van der Waals surface area (Å²) in [5.41, 5.74) is 2.17. The van der Waals surface area contributed by atoms with Gasteiger partial charge in [0, 0.05) is 32.5 Å². The monoisotopic (exact) mass is 488 g/mol. The van der Waals surface area contributed by atoms with Crippen molar-refractivity contribution in [1.29, 1.82) is 0 Å². The first-order chi connectivity index (χ1) is 17.1. The highest BCUT2D eigenvalue weighted by Crippen LogP contribution is 2.33. The molecule has 1 aliphatic rings. The van der Waals surface area contributed by atoms with Crippen LogP contribution in [0.15, 0.2) is 60.7 Å². The van der Waals surface area contributed by atoms with E-state index < -0.39 is 18.0 Å². The van der Waals surface area contributed by atoms with E-state index in [0.29, 0.717) is 58.7 Å². The molecule has 0 bridgehead atoms. The molecule has 0 spiro atoms. The van der Waals surface area contributed by atoms with Gasteiger partial charge in [-0.3, -0.25) is 0 Å². The zero-order chi connectivity index (χ0) is 24.8. The van der Waals surface area contributed by atoms with Crippen LogP contribution in [0.1, 0.15) is 49.7 Å². The standard InChI is InChI=1S/C28H40O7/c29-15-7-13-26(30)27(31)19-25(33-22-24-11-5-2-6-12-24)20-28(34-17-18-35-28)14-8-16-32-21-23-9-3-1-4-10-23/h1-6,9-12,25-27,29-31H,7-8,13-22H2/t25-,26+,27+/m0/s1. The third-order valence-electron chi connectivity index (χ3n) is 6.25. The normalized spacial score (nSPS) is 17.8. The highest BCUT2D eigenvalue weighted by Gasteiger charge is 2.39. The first kappa shape index (κ1) is 27.7. The van der Waals surface area contributed by atoms with Gasteiger partial charge in [-0.05, 0) is 30.4 Å². The molecule has 35 heavy (non-hydrogen) atoms. The van der Waals surface area contributed by atoms with Gasteiger partial charge in [0.15, 0.2) is 5.79 Å². The maximum Gasteiger partial charge on any atom is 0.171 e. The number of aliphatic hydroxyl groups is 3. The molecule has 7 heteroatoms. The van der Waals surface area contributed by atoms with Crippen molar-refractivity contribution in [3.8, 4) is 0 Å². The van der Waals surface area contributed by atoms with Crippen molar-refractivity contribution < 1.29 is 34.3 Å². The van der Waals surface area contributed by atoms with Crippen molar-refractivity contribution in [1.82, 2.24) is 0 Å². The SMILES string of the molecule is OCCC[C@@H](O)[C@H](O)C[C@@H](CC1(CCCOCc2ccccc2)OCCO1)OCc1ccccc1. The molecule has 7 nitrogen and oxygen atoms in total. The maximum absolute atomic E-state index is 10.6. The smallest absolute Gasteiger partial charge is 0.171 e. The summed E-state index contributed by atoms with van der Waals surface area (Å²) in [4.78, 5) is 0. The second-order valence-electron chi connectivity index (χ2n) is 9.11. The van der Waals surface area contributed by atoms with Crippen LogP contribution in [0.3, 0.4) is 0 Å². The van der Waals surface area contributed by atoms with Crippen molar-refractivity contribution >= 4 is 0 Å². The van der Waals surface area contributed by atoms with Crippen LogP contribution in [0.4, 0.5) is 0 Å². The van der Waals surface area contributed by atoms with Crippen LogP contribution in [0.25, 0.3) is 0 Å². The van der Waals surface area contributed by atoms with Crippen LogP contribution in [0, 0.1) is 0 Å². The van der Waals surface area contributed by atoms with Crippen molar-refractivity contribution in [2.75, 3.05) is 26.4 Å². The Morgan fingerprint density at radius 1 is 0.829 bits per heavy atom. The molecule has 0 amide bonds. The molecular formula is C28H40O7. The predicted octanol–water partition coefficient (Wildman–Crippen LogP) is 3.59. The Labute approximate surface area is 208 Å². The minimum absolute atomic E-state index is 0.0190. The number of aliphatic hydroxyl groups excluding tert-OH is 3. The van der Waals surface area contributed by atoms with Gasteiger partial charge in [-0.25, -0.2) is 0 Å². The molecule has 0 unspecified atom stereocenters. The first-order valence-electron chi connectivity index (χ1n) is 12.6. The minimum atomic E-state index is -0.963. The Bertz CT molecular complexity index is 795. The van der Waals surface area contributed by atoms with Crippen LogP contribution in [0.2, 0.25) is 0 Å². The molecular weight excluding hydrogens is 448 g/mol. The minimum Gasteiger partial charge on any atom is -0.396 e. The van der Waals surface area contributed by atoms with Gasteiger partial charge in [0.1, 0.15) is 0 Å². The Balaban J connectivity index is 1.55. The van der Waals surface area contributed by atoms with E-state index in [2.05, 4.69) is 0 Å². The van der Waals surface area contributed by atoms with Crippen LogP contribution < -0.4 is 0 Å². The average Bonchev–Trinajstić information content (AvgIpc) is 3.35. The zero-order valence-corrected chi connectivity index (χ0v) is 20.5. The molecule has 0 aromatic heterocycles. The second-order valence-corrected chi connectivity index (χ2v) is 9.11. The topological polar surface area (TPSA) is 97.6 Å². The molecule has 2 aromatic rings. The van der Waals surface area contributed by atoms with Crippen LogP contribution in [0.5, 0.6) is 0 Å². The van der Waals surface area contributed by atoms with Crippen molar-refractivity contribution in [3.05, 3.63) is 71.8 Å². The molecule has 1 aliphatic heterocycles. The molecule has 0 saturated carbocycles. The lowest BCUT2D eigenvalue weighted by Gasteiger charge is -2.33. The van der Waals surface area contributed by atoms with E-state index >= 15 is 0 Å². The number of hydrogen-bond acceptors (Lipinski definition) is 7. The average molecular weight is 489 g/mol. The third kappa shape index (κ3) is 9.97. The highest BCUT2D eigenvalue weighted by atomic mass is 16.7. The third-order valence-corrected chi connectivity index (χ3v) is 6.25. The lowest BCUT2D eigenvalue weighted by atomic mass is 9.96. The summed E-state index contributed by atoms with van der Waals surface area (Å²) in [7, 11) is 0. The molecule has 1 heterocycles. The molecule has 3 atom stereocenters. The van der Waals surface area contributed by atoms with Crippen molar-refractivity contribution in [2.45, 2.75) is 75.8 Å². The fourth-order valence-corrected chi connectivity index (χ4v) is 4.33. The fraction of sp³-hybridized carbons (Fsp3) is 0.571. The largest absolute Gasteiger partial charge is 0.396 e. The van der Waals surface area contributed by atoms with Gasteiger partial charge in [-0.1, -0.05) is 60.7 Å². The summed E-state index contributed by atoms with van der Waals surface area (Å²) >= 11 is 0. The second kappa shape index (κ2) is 15.3. The van der Waals surface area contributed by atoms with Gasteiger partial charge in [-0.2, -0.15) is 0 Å². The van der Waals surface area contributed by atoms with Gasteiger partial charge in [0.2, 0.25) is 0 Å². The summed E-state index contributed by atoms with van der Waals surface area (Å²) < 4.78 is 24.2. The summed E-state index contributed by atoms with van der Waals surface area (Å²) in [5, 5.41) is 30.0. The van der Waals surface area contributed by atoms with Crippen LogP contribution in [-0.2, 0) is 32.2 Å². The molecule has 194 valence electrons. The number of hydrogen-bond donors (Lipinski definition) is 3. The number of benzene rings is 2. The lowest BCUT2D eigenvalue weighted by molar-refractivity contribution is -0.193. The van der Waals surface area contributed by atoms with E-state index in [9.17, 15) is 10.2 Å². The van der Waals surface area contributed by atoms with Gasteiger partial charge in [0.05, 0.1) is 44.7 Å². The molecule has 2 aromatic carbocycles. The fourth-order valence-electron chi connectivity index (χ4n) is 4.33. The predicted molar refractivity (Wildman–Crippen MR) is 133 cm³/mol. The Kier molecular flexibility index (Phi) is 12.1. The van der Waals surface area contributed by atoms with E-state index in [1.807, 2.05) is 60.7 Å². The number of ether oxygens (including phenoxy) is 4. The van der Waals surface area contributed by atoms with E-state index in [4.69, 9.17) is 24.1 Å². The van der Waals surface area contributed by atoms with Gasteiger partial charge in [0.25, 0.3) is 0 Å². The van der Waals surface area contributed by atoms with Gasteiger partial charge < -0.3 is 34.3 Å². The molecule has 3 N–H and O–H groups in total. The zero-order valence-electron chi connectivity index (χ0n) is 20.5. The number of rotatable bonds is 17. The van der Waals surface area contributed by atoms with E-state index in [0.717, 1.165) is 17.5 Å². The van der Waals surface area contributed by atoms with Crippen LogP contribution >= 0.6 is 0 Å². The summed E-state index contributed by atoms with van der Waals surface area (Å²) in [6, 6.07) is 19.9. The Morgan fingerprint density at radius 2 is 1.46 bits per heavy atom. The van der Waals surface area contributed by atoms with E-state index in [-0.39, 0.29) is 19.1 Å². The molecule has 3 rings (SSSR count). The molecule has 1 fully saturated rings. The summed E-state index contributed by atoms with van der Waals surface area (Å²) in [6.45, 7) is 2.55. The Morgan fingerprint density at radius 3 is 2.09 bits per heavy atom. The summed E-state index contributed by atoms with van der Waals surface area (Å²) in [6.07, 6.45) is 0.619. The van der Waals surface area contributed by atoms with Gasteiger partial charge >= 0.3 is 0 Å². The molecule has 1 saturated heterocycles. The van der Waals surface area contributed by atoms with Crippen LogP contribution in [-0.4, -0.2) is 65.8 Å². The Hall–Kier alpha value is -1.84. The highest BCUT2D eigenvalue weighted by molar-refractivity contribution is 5.14. The first-order valence-corrected chi connectivity index (χ1v) is 12.6. The molecule has 0 radical (unpaired) electrons. The van der Waals surface area contributed by atoms with Gasteiger partial charge in [-0.15, -0.1) is 0 Å². The van der Waals surface area contributed by atoms with Crippen molar-refractivity contribution in [3.63, 3.8) is 0 Å². The quantitative estimate of drug-likeness (QED) is 0.293. The van der Waals surface area contributed by atoms with E-state index in [1.165, 1.54) is 0 Å². The maximum atomic E-state index is 10.6.